The highest BCUT2D eigenvalue weighted by Gasteiger charge is 3.27. The third kappa shape index (κ3) is 0.687. The number of amides is 1. The van der Waals surface area contributed by atoms with Crippen LogP contribution in [0.5, 0.6) is 0 Å². The summed E-state index contributed by atoms with van der Waals surface area (Å²) < 4.78 is 0. The van der Waals surface area contributed by atoms with Crippen molar-refractivity contribution < 1.29 is 9.59 Å². The van der Waals surface area contributed by atoms with E-state index in [1.54, 1.807) is 6.92 Å². The summed E-state index contributed by atoms with van der Waals surface area (Å²) in [6.45, 7) is 1.67. The first-order valence-electron chi connectivity index (χ1n) is 7.16. The Kier molecular flexibility index (Phi) is 1.33. The molecule has 5 aliphatic rings. The van der Waals surface area contributed by atoms with Crippen LogP contribution in [0.15, 0.2) is 0 Å². The SMILES string of the molecule is CC(=O)C1CCCC(C(=O)N2C3C24C2N(C)[C@@]324)C1. The lowest BCUT2D eigenvalue weighted by molar-refractivity contribution is -0.135. The van der Waals surface area contributed by atoms with Crippen molar-refractivity contribution in [3.8, 4) is 0 Å². The number of rotatable bonds is 2. The first kappa shape index (κ1) is 9.96. The molecule has 1 amide bonds. The molecule has 0 radical (unpaired) electrons. The number of ketones is 1. The Labute approximate surface area is 106 Å². The van der Waals surface area contributed by atoms with E-state index in [0.29, 0.717) is 29.1 Å². The van der Waals surface area contributed by atoms with Crippen LogP contribution in [-0.2, 0) is 9.59 Å². The maximum Gasteiger partial charge on any atom is 0.226 e. The second-order valence-corrected chi connectivity index (χ2v) is 6.95. The molecule has 3 aliphatic carbocycles. The quantitative estimate of drug-likeness (QED) is 0.663. The number of carbonyl (C=O) groups excluding carboxylic acids is 2. The molecule has 0 bridgehead atoms. The van der Waals surface area contributed by atoms with Crippen LogP contribution in [0.25, 0.3) is 0 Å². The molecule has 3 saturated carbocycles. The molecule has 0 aromatic rings. The third-order valence-corrected chi connectivity index (χ3v) is 6.47. The first-order valence-corrected chi connectivity index (χ1v) is 7.16. The van der Waals surface area contributed by atoms with Crippen molar-refractivity contribution in [2.45, 2.75) is 55.8 Å². The number of hydrogen-bond acceptors (Lipinski definition) is 3. The van der Waals surface area contributed by atoms with Crippen LogP contribution >= 0.6 is 0 Å². The number of carbonyl (C=O) groups is 2. The molecule has 7 atom stereocenters. The Hall–Kier alpha value is -0.900. The monoisotopic (exact) mass is 246 g/mol. The topological polar surface area (TPSA) is 40.2 Å². The van der Waals surface area contributed by atoms with E-state index in [1.807, 2.05) is 0 Å². The summed E-state index contributed by atoms with van der Waals surface area (Å²) in [5.74, 6) is 0.910. The largest absolute Gasteiger partial charge is 0.323 e. The minimum atomic E-state index is 0.136. The Morgan fingerprint density at radius 3 is 2.39 bits per heavy atom. The zero-order valence-corrected chi connectivity index (χ0v) is 10.8. The van der Waals surface area contributed by atoms with Crippen LogP contribution in [-0.4, -0.2) is 51.7 Å². The minimum Gasteiger partial charge on any atom is -0.323 e. The first-order chi connectivity index (χ1) is 8.59. The normalized spacial score (nSPS) is 61.2. The van der Waals surface area contributed by atoms with Crippen molar-refractivity contribution in [2.24, 2.45) is 11.8 Å². The van der Waals surface area contributed by atoms with Crippen LogP contribution in [0.2, 0.25) is 0 Å². The van der Waals surface area contributed by atoms with Crippen molar-refractivity contribution in [2.75, 3.05) is 7.05 Å². The summed E-state index contributed by atoms with van der Waals surface area (Å²) in [6.07, 6.45) is 3.83. The summed E-state index contributed by atoms with van der Waals surface area (Å²) in [5, 5.41) is 0. The van der Waals surface area contributed by atoms with Gasteiger partial charge in [0.1, 0.15) is 11.3 Å². The molecular weight excluding hydrogens is 228 g/mol. The minimum absolute atomic E-state index is 0.136. The van der Waals surface area contributed by atoms with Gasteiger partial charge in [0.05, 0.1) is 17.6 Å². The van der Waals surface area contributed by atoms with Crippen molar-refractivity contribution in [1.82, 2.24) is 9.80 Å². The molecule has 5 fully saturated rings. The van der Waals surface area contributed by atoms with Crippen LogP contribution in [0.3, 0.4) is 0 Å². The van der Waals surface area contributed by atoms with Crippen LogP contribution in [0.1, 0.15) is 32.6 Å². The lowest BCUT2D eigenvalue weighted by atomic mass is 9.79. The standard InChI is InChI=1S/C14H18N2O2/c1-7(17)8-4-3-5-9(6-8)10(18)16-12-13-11(15(13)2)14(12,13)16/h8-9,11-12H,3-6H2,1-2H3/t8?,9?,11?,12?,13-,14?,15?,16?/m1/s1. The summed E-state index contributed by atoms with van der Waals surface area (Å²) in [6, 6.07) is 1.29. The van der Waals surface area contributed by atoms with Gasteiger partial charge >= 0.3 is 0 Å². The molecule has 4 nitrogen and oxygen atoms in total. The van der Waals surface area contributed by atoms with Gasteiger partial charge in [-0.1, -0.05) is 6.42 Å². The van der Waals surface area contributed by atoms with Crippen molar-refractivity contribution in [3.63, 3.8) is 0 Å². The molecule has 96 valence electrons. The molecule has 0 aromatic heterocycles. The van der Waals surface area contributed by atoms with E-state index in [9.17, 15) is 9.59 Å². The second-order valence-electron chi connectivity index (χ2n) is 6.95. The molecule has 0 aromatic carbocycles. The summed E-state index contributed by atoms with van der Waals surface area (Å²) in [7, 11) is 2.16. The van der Waals surface area contributed by atoms with Gasteiger partial charge in [0.15, 0.2) is 0 Å². The highest BCUT2D eigenvalue weighted by atomic mass is 16.2. The smallest absolute Gasteiger partial charge is 0.226 e. The van der Waals surface area contributed by atoms with Gasteiger partial charge < -0.3 is 4.90 Å². The van der Waals surface area contributed by atoms with Crippen molar-refractivity contribution in [1.29, 1.82) is 0 Å². The number of hydrogen-bond donors (Lipinski definition) is 0. The van der Waals surface area contributed by atoms with Crippen LogP contribution < -0.4 is 0 Å². The predicted octanol–water partition coefficient (Wildman–Crippen LogP) is 0.411. The zero-order chi connectivity index (χ0) is 12.4. The summed E-state index contributed by atoms with van der Waals surface area (Å²) in [4.78, 5) is 28.5. The number of Topliss-reactive ketones (excluding diaryl/α,β-unsaturated/α-hetero) is 1. The van der Waals surface area contributed by atoms with E-state index in [0.717, 1.165) is 25.7 Å². The summed E-state index contributed by atoms with van der Waals surface area (Å²) in [5.41, 5.74) is 0.819. The molecule has 2 aliphatic heterocycles. The molecule has 0 N–H and O–H groups in total. The van der Waals surface area contributed by atoms with Gasteiger partial charge in [-0.15, -0.1) is 0 Å². The van der Waals surface area contributed by atoms with Gasteiger partial charge in [-0.2, -0.15) is 0 Å². The Bertz CT molecular complexity index is 518. The van der Waals surface area contributed by atoms with E-state index in [1.165, 1.54) is 0 Å². The van der Waals surface area contributed by atoms with E-state index in [-0.39, 0.29) is 17.6 Å². The predicted molar refractivity (Wildman–Crippen MR) is 63.8 cm³/mol. The van der Waals surface area contributed by atoms with Gasteiger partial charge in [0, 0.05) is 11.8 Å². The zero-order valence-electron chi connectivity index (χ0n) is 10.8. The molecular formula is C14H18N2O2. The fourth-order valence-corrected chi connectivity index (χ4v) is 5.33. The molecule has 2 saturated heterocycles. The van der Waals surface area contributed by atoms with Gasteiger partial charge in [0.2, 0.25) is 5.91 Å². The summed E-state index contributed by atoms with van der Waals surface area (Å²) >= 11 is 0. The van der Waals surface area contributed by atoms with Crippen molar-refractivity contribution in [3.05, 3.63) is 0 Å². The fourth-order valence-electron chi connectivity index (χ4n) is 5.33. The second kappa shape index (κ2) is 2.40. The van der Waals surface area contributed by atoms with E-state index < -0.39 is 0 Å². The maximum absolute atomic E-state index is 12.5. The van der Waals surface area contributed by atoms with Gasteiger partial charge in [0.25, 0.3) is 0 Å². The molecule has 2 heterocycles. The Morgan fingerprint density at radius 2 is 1.83 bits per heavy atom. The van der Waals surface area contributed by atoms with Crippen LogP contribution in [0.4, 0.5) is 0 Å². The lowest BCUT2D eigenvalue weighted by Gasteiger charge is -2.29. The number of likely N-dealkylation sites (tertiary alicyclic amines) is 2. The third-order valence-electron chi connectivity index (χ3n) is 6.47. The Balaban J connectivity index is 1.28. The molecule has 5 rings (SSSR count). The van der Waals surface area contributed by atoms with Crippen molar-refractivity contribution >= 4 is 11.7 Å². The molecule has 6 unspecified atom stereocenters. The Morgan fingerprint density at radius 1 is 1.11 bits per heavy atom. The van der Waals surface area contributed by atoms with Gasteiger partial charge in [-0.3, -0.25) is 14.5 Å². The number of likely N-dealkylation sites (N-methyl/N-ethyl adjacent to an activating group) is 1. The van der Waals surface area contributed by atoms with E-state index >= 15 is 0 Å². The van der Waals surface area contributed by atoms with E-state index in [4.69, 9.17) is 0 Å². The van der Waals surface area contributed by atoms with E-state index in [2.05, 4.69) is 16.8 Å². The highest BCUT2D eigenvalue weighted by Crippen LogP contribution is 3.02. The molecule has 18 heavy (non-hydrogen) atoms. The highest BCUT2D eigenvalue weighted by molar-refractivity contribution is 5.99. The lowest BCUT2D eigenvalue weighted by Crippen LogP contribution is -2.38. The molecule has 4 heteroatoms. The van der Waals surface area contributed by atoms with Crippen LogP contribution in [0, 0.1) is 11.8 Å². The fraction of sp³-hybridized carbons (Fsp3) is 0.857. The number of nitrogens with zero attached hydrogens (tertiary/aromatic N) is 2. The average Bonchev–Trinajstić information content (AvgIpc) is 3.23. The average molecular weight is 246 g/mol. The van der Waals surface area contributed by atoms with Gasteiger partial charge in [-0.05, 0) is 33.2 Å². The maximum atomic E-state index is 12.5. The van der Waals surface area contributed by atoms with Gasteiger partial charge in [-0.25, -0.2) is 0 Å². The molecule has 2 spiro atoms. The number of piperazine rings is 1.